The van der Waals surface area contributed by atoms with Crippen molar-refractivity contribution in [2.45, 2.75) is 75.1 Å². The molecule has 0 N–H and O–H groups in total. The number of aromatic nitrogens is 3. The summed E-state index contributed by atoms with van der Waals surface area (Å²) in [6.07, 6.45) is 14.5. The van der Waals surface area contributed by atoms with E-state index in [1.54, 1.807) is 25.3 Å². The van der Waals surface area contributed by atoms with Crippen molar-refractivity contribution >= 4 is 39.0 Å². The third-order valence-corrected chi connectivity index (χ3v) is 12.4. The second-order valence-electron chi connectivity index (χ2n) is 11.9. The van der Waals surface area contributed by atoms with Crippen LogP contribution in [0.2, 0.25) is 10.0 Å². The fraction of sp³-hybridized carbons (Fsp3) is 0.516. The predicted octanol–water partition coefficient (Wildman–Crippen LogP) is 6.66. The normalized spacial score (nSPS) is 19.4. The molecule has 224 valence electrons. The summed E-state index contributed by atoms with van der Waals surface area (Å²) in [7, 11) is -3.90. The van der Waals surface area contributed by atoms with Crippen molar-refractivity contribution in [1.29, 1.82) is 0 Å². The van der Waals surface area contributed by atoms with Crippen molar-refractivity contribution < 1.29 is 13.2 Å². The highest BCUT2D eigenvalue weighted by Gasteiger charge is 2.41. The van der Waals surface area contributed by atoms with E-state index >= 15 is 0 Å². The number of piperidine rings is 1. The zero-order valence-electron chi connectivity index (χ0n) is 23.9. The first-order chi connectivity index (χ1) is 20.3. The summed E-state index contributed by atoms with van der Waals surface area (Å²) in [5.74, 6) is 1.50. The summed E-state index contributed by atoms with van der Waals surface area (Å²) in [5.41, 5.74) is 2.51. The van der Waals surface area contributed by atoms with Gasteiger partial charge in [-0.1, -0.05) is 29.3 Å². The van der Waals surface area contributed by atoms with Gasteiger partial charge in [0.2, 0.25) is 10.0 Å². The van der Waals surface area contributed by atoms with Gasteiger partial charge in [0.05, 0.1) is 10.0 Å². The molecule has 6 rings (SSSR count). The van der Waals surface area contributed by atoms with E-state index in [1.807, 2.05) is 18.5 Å². The van der Waals surface area contributed by atoms with Crippen molar-refractivity contribution in [3.63, 3.8) is 0 Å². The molecule has 0 amide bonds. The van der Waals surface area contributed by atoms with Gasteiger partial charge < -0.3 is 9.64 Å². The third-order valence-electron chi connectivity index (χ3n) is 9.30. The predicted molar refractivity (Wildman–Crippen MR) is 165 cm³/mol. The number of ether oxygens (including phenoxy) is 1. The van der Waals surface area contributed by atoms with E-state index in [2.05, 4.69) is 32.0 Å². The molecular weight excluding hydrogens is 593 g/mol. The lowest BCUT2D eigenvalue weighted by molar-refractivity contribution is 0.132. The molecule has 42 heavy (non-hydrogen) atoms. The minimum atomic E-state index is -3.90. The van der Waals surface area contributed by atoms with Gasteiger partial charge in [-0.15, -0.1) is 0 Å². The zero-order chi connectivity index (χ0) is 29.3. The van der Waals surface area contributed by atoms with Gasteiger partial charge >= 0.3 is 6.01 Å². The van der Waals surface area contributed by atoms with E-state index in [0.717, 1.165) is 44.6 Å². The first-order valence-corrected chi connectivity index (χ1v) is 17.0. The maximum absolute atomic E-state index is 13.6. The molecule has 1 aromatic carbocycles. The summed E-state index contributed by atoms with van der Waals surface area (Å²) < 4.78 is 34.5. The molecule has 0 atom stereocenters. The monoisotopic (exact) mass is 629 g/mol. The smallest absolute Gasteiger partial charge is 0.318 e. The standard InChI is InChI=1S/C31H37Cl2N5O3S/c1-22-2-5-26(32)29(28(22)33)42(39,40)38(25-3-4-25)20-21-41-30-35-17-10-27(36-30)37-18-13-31(14-19-37)11-6-23(7-12-31)24-8-15-34-16-9-24/h2,5,8-10,15-17,23,25H,3-4,6-7,11-14,18-21H2,1H3. The quantitative estimate of drug-likeness (QED) is 0.261. The number of halogens is 2. The summed E-state index contributed by atoms with van der Waals surface area (Å²) in [6.45, 7) is 3.98. The molecule has 2 aromatic heterocycles. The second kappa shape index (κ2) is 12.3. The SMILES string of the molecule is Cc1ccc(Cl)c(S(=O)(=O)N(CCOc2nccc(N3CCC4(CCC(c5ccncc5)CC4)CC3)n2)C2CC2)c1Cl. The van der Waals surface area contributed by atoms with Crippen molar-refractivity contribution in [3.05, 3.63) is 70.1 Å². The molecule has 3 fully saturated rings. The number of anilines is 1. The van der Waals surface area contributed by atoms with E-state index in [4.69, 9.17) is 27.9 Å². The number of nitrogens with zero attached hydrogens (tertiary/aromatic N) is 5. The van der Waals surface area contributed by atoms with Gasteiger partial charge in [-0.05, 0) is 105 Å². The molecule has 11 heteroatoms. The minimum absolute atomic E-state index is 0.0373. The summed E-state index contributed by atoms with van der Waals surface area (Å²) in [5, 5.41) is 0.286. The van der Waals surface area contributed by atoms with Gasteiger partial charge in [-0.2, -0.15) is 9.29 Å². The Hall–Kier alpha value is -2.46. The van der Waals surface area contributed by atoms with E-state index in [9.17, 15) is 8.42 Å². The average Bonchev–Trinajstić information content (AvgIpc) is 3.84. The largest absolute Gasteiger partial charge is 0.462 e. The Morgan fingerprint density at radius 2 is 1.69 bits per heavy atom. The topological polar surface area (TPSA) is 88.5 Å². The van der Waals surface area contributed by atoms with E-state index in [0.29, 0.717) is 16.9 Å². The molecule has 3 aromatic rings. The van der Waals surface area contributed by atoms with Crippen molar-refractivity contribution in [2.24, 2.45) is 5.41 Å². The fourth-order valence-corrected chi connectivity index (χ4v) is 9.37. The Bertz CT molecular complexity index is 1500. The van der Waals surface area contributed by atoms with E-state index in [1.165, 1.54) is 35.6 Å². The van der Waals surface area contributed by atoms with Crippen LogP contribution in [0.4, 0.5) is 5.82 Å². The number of sulfonamides is 1. The number of hydrogen-bond acceptors (Lipinski definition) is 7. The minimum Gasteiger partial charge on any atom is -0.462 e. The van der Waals surface area contributed by atoms with Crippen LogP contribution in [0.25, 0.3) is 0 Å². The molecule has 0 radical (unpaired) electrons. The lowest BCUT2D eigenvalue weighted by atomic mass is 9.64. The molecule has 2 saturated carbocycles. The van der Waals surface area contributed by atoms with Gasteiger partial charge in [0, 0.05) is 44.3 Å². The van der Waals surface area contributed by atoms with Crippen LogP contribution in [0.15, 0.2) is 53.8 Å². The molecule has 0 bridgehead atoms. The number of rotatable bonds is 9. The van der Waals surface area contributed by atoms with Crippen molar-refractivity contribution in [3.8, 4) is 6.01 Å². The molecule has 8 nitrogen and oxygen atoms in total. The first kappa shape index (κ1) is 29.6. The Morgan fingerprint density at radius 3 is 2.38 bits per heavy atom. The lowest BCUT2D eigenvalue weighted by Crippen LogP contribution is -2.42. The van der Waals surface area contributed by atoms with Crippen LogP contribution in [0.3, 0.4) is 0 Å². The van der Waals surface area contributed by atoms with Gasteiger partial charge in [0.1, 0.15) is 17.3 Å². The third kappa shape index (κ3) is 6.25. The Balaban J connectivity index is 1.04. The van der Waals surface area contributed by atoms with E-state index < -0.39 is 10.0 Å². The molecular formula is C31H37Cl2N5O3S. The van der Waals surface area contributed by atoms with Gasteiger partial charge in [-0.25, -0.2) is 13.4 Å². The number of pyridine rings is 1. The molecule has 0 unspecified atom stereocenters. The zero-order valence-corrected chi connectivity index (χ0v) is 26.2. The Kier molecular flexibility index (Phi) is 8.65. The molecule has 3 aliphatic rings. The van der Waals surface area contributed by atoms with Crippen LogP contribution in [0.1, 0.15) is 68.4 Å². The molecule has 1 aliphatic heterocycles. The van der Waals surface area contributed by atoms with Gasteiger partial charge in [0.25, 0.3) is 0 Å². The number of hydrogen-bond donors (Lipinski definition) is 0. The van der Waals surface area contributed by atoms with Crippen LogP contribution in [0, 0.1) is 12.3 Å². The van der Waals surface area contributed by atoms with Gasteiger partial charge in [0.15, 0.2) is 0 Å². The highest BCUT2D eigenvalue weighted by atomic mass is 35.5. The average molecular weight is 631 g/mol. The van der Waals surface area contributed by atoms with Crippen molar-refractivity contribution in [2.75, 3.05) is 31.1 Å². The fourth-order valence-electron chi connectivity index (χ4n) is 6.56. The summed E-state index contributed by atoms with van der Waals surface area (Å²) in [6, 6.07) is 9.72. The van der Waals surface area contributed by atoms with Crippen LogP contribution in [-0.4, -0.2) is 60.0 Å². The van der Waals surface area contributed by atoms with Crippen molar-refractivity contribution in [1.82, 2.24) is 19.3 Å². The molecule has 1 spiro atoms. The molecule has 3 heterocycles. The maximum Gasteiger partial charge on any atom is 0.318 e. The summed E-state index contributed by atoms with van der Waals surface area (Å²) >= 11 is 12.7. The highest BCUT2D eigenvalue weighted by Crippen LogP contribution is 2.49. The van der Waals surface area contributed by atoms with Gasteiger partial charge in [-0.3, -0.25) is 4.98 Å². The van der Waals surface area contributed by atoms with E-state index in [-0.39, 0.29) is 40.1 Å². The molecule has 2 aliphatic carbocycles. The first-order valence-electron chi connectivity index (χ1n) is 14.8. The number of benzene rings is 1. The maximum atomic E-state index is 13.6. The summed E-state index contributed by atoms with van der Waals surface area (Å²) in [4.78, 5) is 15.4. The lowest BCUT2D eigenvalue weighted by Gasteiger charge is -2.46. The van der Waals surface area contributed by atoms with Crippen LogP contribution >= 0.6 is 23.2 Å². The Morgan fingerprint density at radius 1 is 0.976 bits per heavy atom. The second-order valence-corrected chi connectivity index (χ2v) is 14.6. The molecule has 1 saturated heterocycles. The Labute approximate surface area is 258 Å². The van der Waals surface area contributed by atoms with Crippen LogP contribution < -0.4 is 9.64 Å². The number of aryl methyl sites for hydroxylation is 1. The highest BCUT2D eigenvalue weighted by molar-refractivity contribution is 7.89. The van der Waals surface area contributed by atoms with Crippen LogP contribution in [-0.2, 0) is 10.0 Å². The van der Waals surface area contributed by atoms with Crippen LogP contribution in [0.5, 0.6) is 6.01 Å².